The van der Waals surface area contributed by atoms with Gasteiger partial charge in [0.25, 0.3) is 5.91 Å². The Morgan fingerprint density at radius 3 is 2.09 bits per heavy atom. The van der Waals surface area contributed by atoms with Crippen LogP contribution in [-0.2, 0) is 17.5 Å². The molecule has 0 aromatic heterocycles. The molecule has 0 spiro atoms. The smallest absolute Gasteiger partial charge is 0.416 e. The van der Waals surface area contributed by atoms with Crippen LogP contribution in [0.25, 0.3) is 0 Å². The normalized spacial score (nSPS) is 11.6. The van der Waals surface area contributed by atoms with Crippen LogP contribution in [0.5, 0.6) is 17.2 Å². The standard InChI is InChI=1S/C25H22F3NO5/c1-24(2,23(31)32)34-20-12-10-19(11-13-20)33-21-5-3-4-16(14-21)15-29-22(30)17-6-8-18(9-7-17)25(26,27)28/h3-14H,15H2,1-2H3,(H,29,30)(H,31,32). The molecule has 6 nitrogen and oxygen atoms in total. The number of hydrogen-bond acceptors (Lipinski definition) is 4. The third-order valence-electron chi connectivity index (χ3n) is 4.77. The van der Waals surface area contributed by atoms with E-state index in [1.807, 2.05) is 0 Å². The summed E-state index contributed by atoms with van der Waals surface area (Å²) in [6.45, 7) is 3.04. The highest BCUT2D eigenvalue weighted by atomic mass is 19.4. The summed E-state index contributed by atoms with van der Waals surface area (Å²) in [5.74, 6) is -0.221. The minimum absolute atomic E-state index is 0.119. The van der Waals surface area contributed by atoms with Gasteiger partial charge in [-0.2, -0.15) is 13.2 Å². The van der Waals surface area contributed by atoms with E-state index in [2.05, 4.69) is 5.32 Å². The molecular formula is C25H22F3NO5. The Morgan fingerprint density at radius 1 is 0.882 bits per heavy atom. The second-order valence-electron chi connectivity index (χ2n) is 7.90. The number of hydrogen-bond donors (Lipinski definition) is 2. The van der Waals surface area contributed by atoms with Gasteiger partial charge in [-0.05, 0) is 80.1 Å². The van der Waals surface area contributed by atoms with Crippen molar-refractivity contribution in [3.8, 4) is 17.2 Å². The molecule has 3 aromatic carbocycles. The van der Waals surface area contributed by atoms with Gasteiger partial charge in [-0.1, -0.05) is 12.1 Å². The van der Waals surface area contributed by atoms with E-state index in [1.54, 1.807) is 48.5 Å². The predicted molar refractivity (Wildman–Crippen MR) is 118 cm³/mol. The highest BCUT2D eigenvalue weighted by Crippen LogP contribution is 2.29. The quantitative estimate of drug-likeness (QED) is 0.440. The number of ether oxygens (including phenoxy) is 2. The zero-order valence-corrected chi connectivity index (χ0v) is 18.3. The number of benzene rings is 3. The summed E-state index contributed by atoms with van der Waals surface area (Å²) in [7, 11) is 0. The van der Waals surface area contributed by atoms with Gasteiger partial charge < -0.3 is 19.9 Å². The zero-order valence-electron chi connectivity index (χ0n) is 18.3. The highest BCUT2D eigenvalue weighted by molar-refractivity contribution is 5.94. The lowest BCUT2D eigenvalue weighted by atomic mass is 10.1. The molecule has 0 radical (unpaired) electrons. The fourth-order valence-corrected chi connectivity index (χ4v) is 2.86. The maximum absolute atomic E-state index is 12.7. The topological polar surface area (TPSA) is 84.9 Å². The van der Waals surface area contributed by atoms with Crippen LogP contribution in [0, 0.1) is 0 Å². The number of halogens is 3. The number of carbonyl (C=O) groups excluding carboxylic acids is 1. The van der Waals surface area contributed by atoms with Gasteiger partial charge in [-0.3, -0.25) is 4.79 Å². The van der Waals surface area contributed by atoms with Crippen molar-refractivity contribution in [1.29, 1.82) is 0 Å². The van der Waals surface area contributed by atoms with Gasteiger partial charge in [0.15, 0.2) is 5.60 Å². The molecule has 0 unspecified atom stereocenters. The highest BCUT2D eigenvalue weighted by Gasteiger charge is 2.30. The van der Waals surface area contributed by atoms with Crippen molar-refractivity contribution in [2.45, 2.75) is 32.2 Å². The molecule has 0 aliphatic carbocycles. The average molecular weight is 473 g/mol. The predicted octanol–water partition coefficient (Wildman–Crippen LogP) is 5.67. The molecule has 34 heavy (non-hydrogen) atoms. The summed E-state index contributed by atoms with van der Waals surface area (Å²) < 4.78 is 49.2. The van der Waals surface area contributed by atoms with Crippen molar-refractivity contribution in [3.05, 3.63) is 89.5 Å². The first-order chi connectivity index (χ1) is 15.9. The Kier molecular flexibility index (Phi) is 7.14. The lowest BCUT2D eigenvalue weighted by molar-refractivity contribution is -0.152. The summed E-state index contributed by atoms with van der Waals surface area (Å²) in [6.07, 6.45) is -4.46. The molecule has 3 rings (SSSR count). The van der Waals surface area contributed by atoms with Crippen LogP contribution in [0.2, 0.25) is 0 Å². The molecule has 0 heterocycles. The fraction of sp³-hybridized carbons (Fsp3) is 0.200. The van der Waals surface area contributed by atoms with E-state index in [4.69, 9.17) is 14.6 Å². The van der Waals surface area contributed by atoms with Gasteiger partial charge in [0.1, 0.15) is 17.2 Å². The van der Waals surface area contributed by atoms with Crippen LogP contribution < -0.4 is 14.8 Å². The van der Waals surface area contributed by atoms with Crippen LogP contribution in [0.4, 0.5) is 13.2 Å². The Hall–Kier alpha value is -4.01. The van der Waals surface area contributed by atoms with E-state index in [0.717, 1.165) is 29.8 Å². The van der Waals surface area contributed by atoms with E-state index >= 15 is 0 Å². The lowest BCUT2D eigenvalue weighted by Gasteiger charge is -2.21. The van der Waals surface area contributed by atoms with E-state index < -0.39 is 29.2 Å². The van der Waals surface area contributed by atoms with Crippen LogP contribution in [0.3, 0.4) is 0 Å². The Labute approximate surface area is 193 Å². The number of nitrogens with one attached hydrogen (secondary N) is 1. The summed E-state index contributed by atoms with van der Waals surface area (Å²) in [6, 6.07) is 17.4. The van der Waals surface area contributed by atoms with Gasteiger partial charge in [-0.25, -0.2) is 4.79 Å². The number of carboxylic acids is 1. The van der Waals surface area contributed by atoms with Gasteiger partial charge in [0.2, 0.25) is 0 Å². The van der Waals surface area contributed by atoms with Crippen LogP contribution in [-0.4, -0.2) is 22.6 Å². The fourth-order valence-electron chi connectivity index (χ4n) is 2.86. The van der Waals surface area contributed by atoms with Crippen LogP contribution in [0.15, 0.2) is 72.8 Å². The third kappa shape index (κ3) is 6.50. The van der Waals surface area contributed by atoms with Crippen molar-refractivity contribution in [2.24, 2.45) is 0 Å². The van der Waals surface area contributed by atoms with E-state index in [9.17, 15) is 22.8 Å². The third-order valence-corrected chi connectivity index (χ3v) is 4.77. The maximum Gasteiger partial charge on any atom is 0.416 e. The SMILES string of the molecule is CC(C)(Oc1ccc(Oc2cccc(CNC(=O)c3ccc(C(F)(F)F)cc3)c2)cc1)C(=O)O. The van der Waals surface area contributed by atoms with E-state index in [0.29, 0.717) is 17.2 Å². The monoisotopic (exact) mass is 473 g/mol. The van der Waals surface area contributed by atoms with Gasteiger partial charge in [0, 0.05) is 12.1 Å². The summed E-state index contributed by atoms with van der Waals surface area (Å²) in [4.78, 5) is 23.4. The van der Waals surface area contributed by atoms with Crippen molar-refractivity contribution in [1.82, 2.24) is 5.32 Å². The molecule has 2 N–H and O–H groups in total. The second-order valence-corrected chi connectivity index (χ2v) is 7.90. The molecule has 0 bridgehead atoms. The summed E-state index contributed by atoms with van der Waals surface area (Å²) >= 11 is 0. The molecule has 0 atom stereocenters. The molecular weight excluding hydrogens is 451 g/mol. The van der Waals surface area contributed by atoms with Crippen LogP contribution >= 0.6 is 0 Å². The van der Waals surface area contributed by atoms with Gasteiger partial charge in [-0.15, -0.1) is 0 Å². The second kappa shape index (κ2) is 9.86. The maximum atomic E-state index is 12.7. The number of carboxylic acid groups (broad SMARTS) is 1. The number of alkyl halides is 3. The van der Waals surface area contributed by atoms with Crippen molar-refractivity contribution in [2.75, 3.05) is 0 Å². The number of carbonyl (C=O) groups is 2. The molecule has 0 aliphatic rings. The molecule has 178 valence electrons. The van der Waals surface area contributed by atoms with E-state index in [1.165, 1.54) is 13.8 Å². The van der Waals surface area contributed by atoms with E-state index in [-0.39, 0.29) is 12.1 Å². The van der Waals surface area contributed by atoms with Gasteiger partial charge >= 0.3 is 12.1 Å². The minimum atomic E-state index is -4.46. The zero-order chi connectivity index (χ0) is 24.9. The molecule has 0 saturated heterocycles. The van der Waals surface area contributed by atoms with Crippen molar-refractivity contribution >= 4 is 11.9 Å². The molecule has 1 amide bonds. The number of aliphatic carboxylic acids is 1. The average Bonchev–Trinajstić information content (AvgIpc) is 2.78. The summed E-state index contributed by atoms with van der Waals surface area (Å²) in [5, 5.41) is 11.8. The summed E-state index contributed by atoms with van der Waals surface area (Å²) in [5.41, 5.74) is -1.35. The number of amides is 1. The first-order valence-corrected chi connectivity index (χ1v) is 10.2. The molecule has 0 saturated carbocycles. The largest absolute Gasteiger partial charge is 0.478 e. The Morgan fingerprint density at radius 2 is 1.50 bits per heavy atom. The molecule has 0 aliphatic heterocycles. The lowest BCUT2D eigenvalue weighted by Crippen LogP contribution is -2.37. The molecule has 9 heteroatoms. The Bertz CT molecular complexity index is 1160. The number of rotatable bonds is 8. The first-order valence-electron chi connectivity index (χ1n) is 10.2. The Balaban J connectivity index is 1.58. The van der Waals surface area contributed by atoms with Crippen molar-refractivity contribution in [3.63, 3.8) is 0 Å². The first kappa shape index (κ1) is 24.6. The molecule has 3 aromatic rings. The molecule has 0 fully saturated rings. The van der Waals surface area contributed by atoms with Crippen LogP contribution in [0.1, 0.15) is 35.3 Å². The minimum Gasteiger partial charge on any atom is -0.478 e. The van der Waals surface area contributed by atoms with Gasteiger partial charge in [0.05, 0.1) is 5.56 Å². The van der Waals surface area contributed by atoms with Crippen molar-refractivity contribution < 1.29 is 37.3 Å².